The van der Waals surface area contributed by atoms with Crippen LogP contribution in [0, 0.1) is 41.4 Å². The van der Waals surface area contributed by atoms with Crippen LogP contribution in [0.3, 0.4) is 0 Å². The summed E-state index contributed by atoms with van der Waals surface area (Å²) in [4.78, 5) is 57.8. The van der Waals surface area contributed by atoms with Crippen LogP contribution in [0.5, 0.6) is 0 Å². The fourth-order valence-corrected chi connectivity index (χ4v) is 11.6. The number of aliphatic hydroxyl groups excluding tert-OH is 1. The first-order chi connectivity index (χ1) is 30.7. The summed E-state index contributed by atoms with van der Waals surface area (Å²) in [6.45, 7) is 19.4. The minimum absolute atomic E-state index is 0.0607. The van der Waals surface area contributed by atoms with Crippen LogP contribution >= 0.6 is 0 Å². The second-order valence-electron chi connectivity index (χ2n) is 20.4. The highest BCUT2D eigenvalue weighted by molar-refractivity contribution is 6.35. The maximum Gasteiger partial charge on any atom is 0.309 e. The number of Topliss-reactive ketones (excluding diaryl/α,β-unsaturated/α-hetero) is 1. The van der Waals surface area contributed by atoms with Gasteiger partial charge in [-0.05, 0) is 102 Å². The summed E-state index contributed by atoms with van der Waals surface area (Å²) in [6, 6.07) is 4.39. The van der Waals surface area contributed by atoms with Crippen molar-refractivity contribution >= 4 is 23.6 Å². The molecule has 0 bridgehead atoms. The van der Waals surface area contributed by atoms with E-state index in [1.54, 1.807) is 43.5 Å². The summed E-state index contributed by atoms with van der Waals surface area (Å²) < 4.78 is 34.4. The van der Waals surface area contributed by atoms with E-state index >= 15 is 0 Å². The maximum atomic E-state index is 14.7. The Bertz CT molecular complexity index is 1870. The van der Waals surface area contributed by atoms with E-state index in [2.05, 4.69) is 29.5 Å². The van der Waals surface area contributed by atoms with Crippen LogP contribution in [-0.2, 0) is 49.4 Å². The van der Waals surface area contributed by atoms with Crippen molar-refractivity contribution in [3.8, 4) is 0 Å². The minimum atomic E-state index is -1.51. The number of ether oxygens (including phenoxy) is 5. The molecule has 6 heterocycles. The quantitative estimate of drug-likeness (QED) is 0.101. The standard InChI is InChI=1S/C50H77N3O12/c1-11-35(46(58)59)37-18-17-28(4)42(62-37)32(8)40(54)31(7)41(55)36(12-2)43-29(5)26-30(6)49(63-43)22-19-38(53-45(57)44(56)52-27-34-16-14-15-25-51-34)50(65-49)24-23-47(10,64-50)39-20-21-48(60,13-3)33(9)61-39/h14-16,19,22,25,28-33,35-40,42-43,54,60H,11-13,17-18,20-21,23-24,26-27H2,1-10H3,(H,52,56)(H,53,57)(H,58,59)/t28-,29-,30+,31-,32-,33-,35+,36-,37+,38+,39+,40+,42+,43-,47-,48+,49-,50-/m0/s1. The van der Waals surface area contributed by atoms with Gasteiger partial charge in [0.25, 0.3) is 0 Å². The van der Waals surface area contributed by atoms with E-state index < -0.39 is 107 Å². The number of carbonyl (C=O) groups is 4. The van der Waals surface area contributed by atoms with Crippen LogP contribution in [-0.4, -0.2) is 109 Å². The zero-order valence-corrected chi connectivity index (χ0v) is 40.3. The first kappa shape index (κ1) is 51.1. The predicted octanol–water partition coefficient (Wildman–Crippen LogP) is 6.02. The van der Waals surface area contributed by atoms with Gasteiger partial charge in [0.2, 0.25) is 0 Å². The number of aliphatic carboxylic acids is 1. The zero-order chi connectivity index (χ0) is 47.6. The lowest BCUT2D eigenvalue weighted by Gasteiger charge is -2.55. The van der Waals surface area contributed by atoms with Crippen LogP contribution in [0.25, 0.3) is 0 Å². The van der Waals surface area contributed by atoms with Gasteiger partial charge in [-0.3, -0.25) is 24.2 Å². The van der Waals surface area contributed by atoms with Gasteiger partial charge in [0.05, 0.1) is 66.0 Å². The molecular formula is C50H77N3O12. The maximum absolute atomic E-state index is 14.7. The number of hydrogen-bond acceptors (Lipinski definition) is 12. The molecule has 6 rings (SSSR count). The number of pyridine rings is 1. The van der Waals surface area contributed by atoms with Gasteiger partial charge in [-0.2, -0.15) is 0 Å². The third-order valence-electron chi connectivity index (χ3n) is 16.1. The number of amides is 2. The Kier molecular flexibility index (Phi) is 16.1. The molecule has 2 amide bonds. The Morgan fingerprint density at radius 2 is 1.62 bits per heavy atom. The molecule has 5 aliphatic rings. The second kappa shape index (κ2) is 20.5. The molecule has 0 aromatic carbocycles. The number of nitrogens with zero attached hydrogens (tertiary/aromatic N) is 1. The Labute approximate surface area is 385 Å². The fraction of sp³-hybridized carbons (Fsp3) is 0.780. The number of carboxylic acid groups (broad SMARTS) is 1. The monoisotopic (exact) mass is 912 g/mol. The second-order valence-corrected chi connectivity index (χ2v) is 20.4. The molecule has 65 heavy (non-hydrogen) atoms. The largest absolute Gasteiger partial charge is 0.481 e. The molecule has 0 saturated carbocycles. The Morgan fingerprint density at radius 3 is 2.25 bits per heavy atom. The molecule has 15 heteroatoms. The molecule has 1 aromatic heterocycles. The van der Waals surface area contributed by atoms with Crippen molar-refractivity contribution in [1.29, 1.82) is 0 Å². The van der Waals surface area contributed by atoms with E-state index in [9.17, 15) is 34.5 Å². The zero-order valence-electron chi connectivity index (χ0n) is 40.3. The van der Waals surface area contributed by atoms with Crippen LogP contribution < -0.4 is 10.6 Å². The van der Waals surface area contributed by atoms with Crippen LogP contribution in [0.4, 0.5) is 0 Å². The van der Waals surface area contributed by atoms with Gasteiger partial charge in [0.1, 0.15) is 11.8 Å². The van der Waals surface area contributed by atoms with E-state index in [0.717, 1.165) is 6.42 Å². The molecular weight excluding hydrogens is 835 g/mol. The smallest absolute Gasteiger partial charge is 0.309 e. The molecule has 0 aliphatic carbocycles. The third-order valence-corrected chi connectivity index (χ3v) is 16.1. The van der Waals surface area contributed by atoms with Crippen molar-refractivity contribution in [3.05, 3.63) is 42.2 Å². The van der Waals surface area contributed by atoms with E-state index in [-0.39, 0.29) is 30.1 Å². The van der Waals surface area contributed by atoms with E-state index in [4.69, 9.17) is 23.7 Å². The molecule has 0 radical (unpaired) electrons. The van der Waals surface area contributed by atoms with Gasteiger partial charge in [-0.25, -0.2) is 0 Å². The summed E-state index contributed by atoms with van der Waals surface area (Å²) in [5.41, 5.74) is -1.27. The molecule has 364 valence electrons. The Morgan fingerprint density at radius 1 is 0.892 bits per heavy atom. The highest BCUT2D eigenvalue weighted by Gasteiger charge is 2.63. The molecule has 2 spiro atoms. The summed E-state index contributed by atoms with van der Waals surface area (Å²) in [5.74, 6) is -8.37. The number of nitrogens with one attached hydrogen (secondary N) is 2. The Hall–Kier alpha value is -3.31. The van der Waals surface area contributed by atoms with Crippen molar-refractivity contribution < 1.29 is 58.2 Å². The average Bonchev–Trinajstić information content (AvgIpc) is 3.63. The van der Waals surface area contributed by atoms with Gasteiger partial charge in [0, 0.05) is 36.3 Å². The van der Waals surface area contributed by atoms with Crippen molar-refractivity contribution in [3.63, 3.8) is 0 Å². The lowest BCUT2D eigenvalue weighted by atomic mass is 9.72. The van der Waals surface area contributed by atoms with Crippen LogP contribution in [0.15, 0.2) is 36.5 Å². The molecule has 4 fully saturated rings. The first-order valence-corrected chi connectivity index (χ1v) is 24.4. The molecule has 5 aliphatic heterocycles. The number of rotatable bonds is 15. The van der Waals surface area contributed by atoms with Gasteiger partial charge in [-0.15, -0.1) is 0 Å². The predicted molar refractivity (Wildman–Crippen MR) is 241 cm³/mol. The first-order valence-electron chi connectivity index (χ1n) is 24.4. The van der Waals surface area contributed by atoms with Gasteiger partial charge in [-0.1, -0.05) is 67.5 Å². The van der Waals surface area contributed by atoms with E-state index in [0.29, 0.717) is 63.5 Å². The summed E-state index contributed by atoms with van der Waals surface area (Å²) in [5, 5.41) is 38.5. The van der Waals surface area contributed by atoms with Crippen molar-refractivity contribution in [2.75, 3.05) is 0 Å². The normalized spacial score (nSPS) is 39.5. The highest BCUT2D eigenvalue weighted by Crippen LogP contribution is 2.54. The molecule has 1 aromatic rings. The summed E-state index contributed by atoms with van der Waals surface area (Å²) in [6.07, 6.45) is 7.08. The molecule has 0 unspecified atom stereocenters. The van der Waals surface area contributed by atoms with Gasteiger partial charge >= 0.3 is 17.8 Å². The van der Waals surface area contributed by atoms with Crippen molar-refractivity contribution in [2.24, 2.45) is 41.4 Å². The molecule has 15 nitrogen and oxygen atoms in total. The van der Waals surface area contributed by atoms with E-state index in [1.807, 2.05) is 48.5 Å². The third kappa shape index (κ3) is 10.4. The van der Waals surface area contributed by atoms with Gasteiger partial charge in [0.15, 0.2) is 11.6 Å². The Balaban J connectivity index is 1.24. The molecule has 4 saturated heterocycles. The molecule has 5 N–H and O–H groups in total. The van der Waals surface area contributed by atoms with Crippen molar-refractivity contribution in [1.82, 2.24) is 15.6 Å². The van der Waals surface area contributed by atoms with E-state index in [1.165, 1.54) is 0 Å². The lowest BCUT2D eigenvalue weighted by Crippen LogP contribution is -2.66. The lowest BCUT2D eigenvalue weighted by molar-refractivity contribution is -0.398. The number of ketones is 1. The number of aromatic nitrogens is 1. The van der Waals surface area contributed by atoms with Gasteiger partial charge < -0.3 is 49.6 Å². The van der Waals surface area contributed by atoms with Crippen LogP contribution in [0.2, 0.25) is 0 Å². The number of aliphatic hydroxyl groups is 2. The van der Waals surface area contributed by atoms with Crippen molar-refractivity contribution in [2.45, 2.75) is 205 Å². The highest BCUT2D eigenvalue weighted by atomic mass is 16.8. The fourth-order valence-electron chi connectivity index (χ4n) is 11.6. The SMILES string of the molecule is CC[C@@H](C(=O)[C@@H](C)[C@@H](O)[C@H](C)[C@@H]1O[C@@H]([C@@H](CC)C(=O)O)CC[C@@H]1C)[C@H]1O[C@]2(C=C[C@@H](NC(=O)C(=O)NCc3ccccn3)[C@]3(CC[C@@](C)([C@H]4CC[C@](O)(CC)[C@H](C)O4)O3)O2)[C@H](C)C[C@@H]1C. The minimum Gasteiger partial charge on any atom is -0.481 e. The van der Waals surface area contributed by atoms with Crippen LogP contribution in [0.1, 0.15) is 139 Å². The number of hydrogen-bond donors (Lipinski definition) is 5. The number of carbonyl (C=O) groups excluding carboxylic acids is 3. The summed E-state index contributed by atoms with van der Waals surface area (Å²) >= 11 is 0. The number of carboxylic acids is 1. The average molecular weight is 912 g/mol. The summed E-state index contributed by atoms with van der Waals surface area (Å²) in [7, 11) is 0. The molecule has 18 atom stereocenters. The topological polar surface area (TPSA) is 212 Å².